The van der Waals surface area contributed by atoms with E-state index in [1.165, 1.54) is 0 Å². The summed E-state index contributed by atoms with van der Waals surface area (Å²) >= 11 is 0. The van der Waals surface area contributed by atoms with E-state index in [2.05, 4.69) is 10.4 Å². The second kappa shape index (κ2) is 6.39. The van der Waals surface area contributed by atoms with Crippen molar-refractivity contribution in [1.82, 2.24) is 14.9 Å². The largest absolute Gasteiger partial charge is 0.352 e. The third-order valence-electron chi connectivity index (χ3n) is 4.52. The quantitative estimate of drug-likeness (QED) is 0.794. The predicted molar refractivity (Wildman–Crippen MR) is 93.9 cm³/mol. The molecule has 1 unspecified atom stereocenters. The molecule has 2 amide bonds. The molecule has 1 saturated heterocycles. The molecule has 6 heteroatoms. The van der Waals surface area contributed by atoms with E-state index in [-0.39, 0.29) is 24.2 Å². The maximum absolute atomic E-state index is 12.5. The van der Waals surface area contributed by atoms with E-state index in [9.17, 15) is 9.59 Å². The normalized spacial score (nSPS) is 17.2. The highest BCUT2D eigenvalue weighted by Crippen LogP contribution is 2.25. The maximum atomic E-state index is 12.5. The molecule has 25 heavy (non-hydrogen) atoms. The van der Waals surface area contributed by atoms with Gasteiger partial charge >= 0.3 is 0 Å². The summed E-state index contributed by atoms with van der Waals surface area (Å²) in [7, 11) is 0. The van der Waals surface area contributed by atoms with Gasteiger partial charge < -0.3 is 10.2 Å². The SMILES string of the molecule is O=C(NCc1cnn2ccccc12)C1CC(=O)N(c2ccccc2)C1. The van der Waals surface area contributed by atoms with Crippen molar-refractivity contribution in [2.24, 2.45) is 5.92 Å². The molecule has 0 bridgehead atoms. The van der Waals surface area contributed by atoms with Gasteiger partial charge in [0.15, 0.2) is 0 Å². The summed E-state index contributed by atoms with van der Waals surface area (Å²) < 4.78 is 1.78. The summed E-state index contributed by atoms with van der Waals surface area (Å²) in [5, 5.41) is 7.20. The van der Waals surface area contributed by atoms with Crippen LogP contribution >= 0.6 is 0 Å². The van der Waals surface area contributed by atoms with Crippen LogP contribution < -0.4 is 10.2 Å². The van der Waals surface area contributed by atoms with Crippen LogP contribution in [0.3, 0.4) is 0 Å². The highest BCUT2D eigenvalue weighted by atomic mass is 16.2. The van der Waals surface area contributed by atoms with Crippen molar-refractivity contribution < 1.29 is 9.59 Å². The predicted octanol–water partition coefficient (Wildman–Crippen LogP) is 2.00. The third-order valence-corrected chi connectivity index (χ3v) is 4.52. The monoisotopic (exact) mass is 334 g/mol. The molecule has 4 rings (SSSR count). The fourth-order valence-electron chi connectivity index (χ4n) is 3.19. The molecule has 3 heterocycles. The lowest BCUT2D eigenvalue weighted by Crippen LogP contribution is -2.32. The molecule has 0 radical (unpaired) electrons. The number of carbonyl (C=O) groups excluding carboxylic acids is 2. The Balaban J connectivity index is 1.41. The van der Waals surface area contributed by atoms with Crippen molar-refractivity contribution in [2.45, 2.75) is 13.0 Å². The van der Waals surface area contributed by atoms with Gasteiger partial charge in [0.1, 0.15) is 0 Å². The molecule has 0 saturated carbocycles. The van der Waals surface area contributed by atoms with E-state index in [0.29, 0.717) is 13.1 Å². The van der Waals surface area contributed by atoms with Gasteiger partial charge in [0, 0.05) is 37.0 Å². The summed E-state index contributed by atoms with van der Waals surface area (Å²) in [6, 6.07) is 15.3. The molecular formula is C19H18N4O2. The second-order valence-electron chi connectivity index (χ2n) is 6.16. The Hall–Kier alpha value is -3.15. The number of anilines is 1. The smallest absolute Gasteiger partial charge is 0.227 e. The highest BCUT2D eigenvalue weighted by Gasteiger charge is 2.34. The molecule has 0 aliphatic carbocycles. The van der Waals surface area contributed by atoms with Crippen molar-refractivity contribution in [3.8, 4) is 0 Å². The number of pyridine rings is 1. The number of hydrogen-bond donors (Lipinski definition) is 1. The summed E-state index contributed by atoms with van der Waals surface area (Å²) in [5.74, 6) is -0.432. The first-order valence-electron chi connectivity index (χ1n) is 8.27. The first-order chi connectivity index (χ1) is 12.2. The van der Waals surface area contributed by atoms with Gasteiger partial charge in [-0.05, 0) is 24.3 Å². The van der Waals surface area contributed by atoms with Crippen molar-refractivity contribution in [3.63, 3.8) is 0 Å². The Bertz CT molecular complexity index is 919. The van der Waals surface area contributed by atoms with E-state index < -0.39 is 0 Å². The summed E-state index contributed by atoms with van der Waals surface area (Å²) in [5.41, 5.74) is 2.76. The Morgan fingerprint density at radius 1 is 1.16 bits per heavy atom. The standard InChI is InChI=1S/C19H18N4O2/c24-18-10-14(13-22(18)16-6-2-1-3-7-16)19(25)20-11-15-12-21-23-9-5-4-8-17(15)23/h1-9,12,14H,10-11,13H2,(H,20,25). The van der Waals surface area contributed by atoms with Crippen LogP contribution in [0.2, 0.25) is 0 Å². The highest BCUT2D eigenvalue weighted by molar-refractivity contribution is 6.00. The molecule has 6 nitrogen and oxygen atoms in total. The minimum Gasteiger partial charge on any atom is -0.352 e. The number of para-hydroxylation sites is 1. The van der Waals surface area contributed by atoms with Gasteiger partial charge in [0.2, 0.25) is 11.8 Å². The van der Waals surface area contributed by atoms with Crippen molar-refractivity contribution in [2.75, 3.05) is 11.4 Å². The first-order valence-corrected chi connectivity index (χ1v) is 8.27. The number of nitrogens with zero attached hydrogens (tertiary/aromatic N) is 3. The molecule has 3 aromatic rings. The second-order valence-corrected chi connectivity index (χ2v) is 6.16. The van der Waals surface area contributed by atoms with Crippen LogP contribution in [0.1, 0.15) is 12.0 Å². The number of carbonyl (C=O) groups is 2. The van der Waals surface area contributed by atoms with Gasteiger partial charge in [-0.1, -0.05) is 24.3 Å². The minimum atomic E-state index is -0.324. The number of fused-ring (bicyclic) bond motifs is 1. The molecule has 1 aromatic carbocycles. The molecule has 1 atom stereocenters. The van der Waals surface area contributed by atoms with E-state index >= 15 is 0 Å². The van der Waals surface area contributed by atoms with Crippen molar-refractivity contribution in [1.29, 1.82) is 0 Å². The first kappa shape index (κ1) is 15.4. The molecule has 0 spiro atoms. The average molecular weight is 334 g/mol. The fourth-order valence-corrected chi connectivity index (χ4v) is 3.19. The Labute approximate surface area is 145 Å². The topological polar surface area (TPSA) is 66.7 Å². The van der Waals surface area contributed by atoms with Crippen LogP contribution in [-0.2, 0) is 16.1 Å². The molecule has 1 N–H and O–H groups in total. The van der Waals surface area contributed by atoms with Crippen LogP contribution in [0.15, 0.2) is 60.9 Å². The number of nitrogens with one attached hydrogen (secondary N) is 1. The van der Waals surface area contributed by atoms with Gasteiger partial charge in [-0.25, -0.2) is 4.52 Å². The van der Waals surface area contributed by atoms with Crippen LogP contribution in [0.4, 0.5) is 5.69 Å². The van der Waals surface area contributed by atoms with E-state index in [1.807, 2.05) is 54.7 Å². The summed E-state index contributed by atoms with van der Waals surface area (Å²) in [4.78, 5) is 26.4. The van der Waals surface area contributed by atoms with Gasteiger partial charge in [0.05, 0.1) is 17.6 Å². The van der Waals surface area contributed by atoms with E-state index in [1.54, 1.807) is 15.6 Å². The van der Waals surface area contributed by atoms with Gasteiger partial charge in [0.25, 0.3) is 0 Å². The number of hydrogen-bond acceptors (Lipinski definition) is 3. The average Bonchev–Trinajstić information content (AvgIpc) is 3.24. The zero-order valence-corrected chi connectivity index (χ0v) is 13.6. The molecule has 2 aromatic heterocycles. The van der Waals surface area contributed by atoms with Crippen molar-refractivity contribution in [3.05, 3.63) is 66.5 Å². The number of amides is 2. The lowest BCUT2D eigenvalue weighted by Gasteiger charge is -2.16. The van der Waals surface area contributed by atoms with Crippen LogP contribution in [0, 0.1) is 5.92 Å². The van der Waals surface area contributed by atoms with Gasteiger partial charge in [-0.2, -0.15) is 5.10 Å². The third kappa shape index (κ3) is 2.98. The lowest BCUT2D eigenvalue weighted by molar-refractivity contribution is -0.126. The molecular weight excluding hydrogens is 316 g/mol. The van der Waals surface area contributed by atoms with Gasteiger partial charge in [-0.3, -0.25) is 9.59 Å². The van der Waals surface area contributed by atoms with E-state index in [4.69, 9.17) is 0 Å². The van der Waals surface area contributed by atoms with Crippen LogP contribution in [0.25, 0.3) is 5.52 Å². The maximum Gasteiger partial charge on any atom is 0.227 e. The lowest BCUT2D eigenvalue weighted by atomic mass is 10.1. The molecule has 1 aliphatic rings. The minimum absolute atomic E-state index is 0.0117. The number of rotatable bonds is 4. The molecule has 1 fully saturated rings. The fraction of sp³-hybridized carbons (Fsp3) is 0.211. The number of aromatic nitrogens is 2. The Morgan fingerprint density at radius 3 is 2.80 bits per heavy atom. The Kier molecular flexibility index (Phi) is 3.93. The molecule has 126 valence electrons. The van der Waals surface area contributed by atoms with Crippen molar-refractivity contribution >= 4 is 23.0 Å². The molecule has 1 aliphatic heterocycles. The van der Waals surface area contributed by atoms with E-state index in [0.717, 1.165) is 16.8 Å². The van der Waals surface area contributed by atoms with Gasteiger partial charge in [-0.15, -0.1) is 0 Å². The van der Waals surface area contributed by atoms with Crippen LogP contribution in [-0.4, -0.2) is 28.0 Å². The summed E-state index contributed by atoms with van der Waals surface area (Å²) in [6.07, 6.45) is 3.87. The van der Waals surface area contributed by atoms with Crippen LogP contribution in [0.5, 0.6) is 0 Å². The zero-order valence-electron chi connectivity index (χ0n) is 13.6. The zero-order chi connectivity index (χ0) is 17.2. The Morgan fingerprint density at radius 2 is 1.96 bits per heavy atom. The summed E-state index contributed by atoms with van der Waals surface area (Å²) in [6.45, 7) is 0.825. The number of benzene rings is 1.